The van der Waals surface area contributed by atoms with E-state index in [1.807, 2.05) is 6.92 Å². The van der Waals surface area contributed by atoms with Crippen LogP contribution in [0, 0.1) is 0 Å². The zero-order valence-corrected chi connectivity index (χ0v) is 11.7. The summed E-state index contributed by atoms with van der Waals surface area (Å²) in [6.07, 6.45) is 3.00. The third-order valence-electron chi connectivity index (χ3n) is 4.52. The molecular weight excluding hydrogens is 252 g/mol. The van der Waals surface area contributed by atoms with Gasteiger partial charge in [-0.05, 0) is 32.7 Å². The van der Waals surface area contributed by atoms with Crippen LogP contribution in [0.1, 0.15) is 26.2 Å². The van der Waals surface area contributed by atoms with Crippen molar-refractivity contribution in [3.8, 4) is 0 Å². The minimum Gasteiger partial charge on any atom is -0.380 e. The highest BCUT2D eigenvalue weighted by molar-refractivity contribution is 7.89. The van der Waals surface area contributed by atoms with E-state index in [-0.39, 0.29) is 11.3 Å². The SMILES string of the molecule is C[C@@H]1CN2CCC[C@H]2CN1S(=O)(=O)[C@@H]1CCOC1. The summed E-state index contributed by atoms with van der Waals surface area (Å²) in [5, 5.41) is -0.312. The lowest BCUT2D eigenvalue weighted by Crippen LogP contribution is -2.58. The van der Waals surface area contributed by atoms with Crippen LogP contribution in [0.3, 0.4) is 0 Å². The lowest BCUT2D eigenvalue weighted by Gasteiger charge is -2.42. The van der Waals surface area contributed by atoms with Gasteiger partial charge in [0.2, 0.25) is 10.0 Å². The van der Waals surface area contributed by atoms with Gasteiger partial charge < -0.3 is 4.74 Å². The summed E-state index contributed by atoms with van der Waals surface area (Å²) in [5.74, 6) is 0. The highest BCUT2D eigenvalue weighted by atomic mass is 32.2. The maximum Gasteiger partial charge on any atom is 0.219 e. The second kappa shape index (κ2) is 4.74. The number of piperazine rings is 1. The van der Waals surface area contributed by atoms with Crippen molar-refractivity contribution in [2.75, 3.05) is 32.8 Å². The Hall–Kier alpha value is -0.170. The molecule has 3 heterocycles. The van der Waals surface area contributed by atoms with E-state index in [0.29, 0.717) is 32.2 Å². The average Bonchev–Trinajstić information content (AvgIpc) is 2.98. The zero-order chi connectivity index (χ0) is 12.8. The Morgan fingerprint density at radius 1 is 1.22 bits per heavy atom. The molecule has 0 aromatic rings. The van der Waals surface area contributed by atoms with Crippen LogP contribution in [0.2, 0.25) is 0 Å². The number of nitrogens with zero attached hydrogens (tertiary/aromatic N) is 2. The Morgan fingerprint density at radius 2 is 2.06 bits per heavy atom. The lowest BCUT2D eigenvalue weighted by atomic mass is 10.1. The van der Waals surface area contributed by atoms with Gasteiger partial charge in [0.25, 0.3) is 0 Å². The second-order valence-electron chi connectivity index (χ2n) is 5.74. The molecule has 0 saturated carbocycles. The van der Waals surface area contributed by atoms with Crippen LogP contribution in [0.5, 0.6) is 0 Å². The fraction of sp³-hybridized carbons (Fsp3) is 1.00. The van der Waals surface area contributed by atoms with Gasteiger partial charge in [0.05, 0.1) is 6.61 Å². The molecule has 0 unspecified atom stereocenters. The van der Waals surface area contributed by atoms with Crippen LogP contribution in [0.15, 0.2) is 0 Å². The predicted octanol–water partition coefficient (Wildman–Crippen LogP) is 0.274. The van der Waals surface area contributed by atoms with Gasteiger partial charge in [-0.1, -0.05) is 0 Å². The van der Waals surface area contributed by atoms with Gasteiger partial charge in [-0.15, -0.1) is 0 Å². The Morgan fingerprint density at radius 3 is 2.78 bits per heavy atom. The number of hydrogen-bond donors (Lipinski definition) is 0. The Balaban J connectivity index is 1.78. The lowest BCUT2D eigenvalue weighted by molar-refractivity contribution is 0.116. The molecule has 0 amide bonds. The van der Waals surface area contributed by atoms with Gasteiger partial charge >= 0.3 is 0 Å². The predicted molar refractivity (Wildman–Crippen MR) is 68.9 cm³/mol. The monoisotopic (exact) mass is 274 g/mol. The molecule has 0 spiro atoms. The summed E-state index contributed by atoms with van der Waals surface area (Å²) in [5.41, 5.74) is 0. The zero-order valence-electron chi connectivity index (χ0n) is 10.9. The molecule has 5 nitrogen and oxygen atoms in total. The molecule has 0 aromatic heterocycles. The van der Waals surface area contributed by atoms with Crippen molar-refractivity contribution < 1.29 is 13.2 Å². The first-order valence-electron chi connectivity index (χ1n) is 6.91. The largest absolute Gasteiger partial charge is 0.380 e. The van der Waals surface area contributed by atoms with Gasteiger partial charge in [-0.25, -0.2) is 8.42 Å². The molecule has 104 valence electrons. The van der Waals surface area contributed by atoms with Crippen LogP contribution < -0.4 is 0 Å². The molecule has 6 heteroatoms. The first-order chi connectivity index (χ1) is 8.59. The van der Waals surface area contributed by atoms with E-state index in [1.165, 1.54) is 6.42 Å². The van der Waals surface area contributed by atoms with E-state index >= 15 is 0 Å². The summed E-state index contributed by atoms with van der Waals surface area (Å²) in [4.78, 5) is 2.45. The van der Waals surface area contributed by atoms with E-state index in [4.69, 9.17) is 4.74 Å². The minimum absolute atomic E-state index is 0.102. The van der Waals surface area contributed by atoms with E-state index in [1.54, 1.807) is 4.31 Å². The number of rotatable bonds is 2. The smallest absolute Gasteiger partial charge is 0.219 e. The Kier molecular flexibility index (Phi) is 3.38. The molecule has 3 atom stereocenters. The first-order valence-corrected chi connectivity index (χ1v) is 8.42. The topological polar surface area (TPSA) is 49.9 Å². The first kappa shape index (κ1) is 12.8. The third kappa shape index (κ3) is 2.09. The average molecular weight is 274 g/mol. The molecule has 3 aliphatic rings. The summed E-state index contributed by atoms with van der Waals surface area (Å²) in [6, 6.07) is 0.545. The van der Waals surface area contributed by atoms with Crippen LogP contribution >= 0.6 is 0 Å². The van der Waals surface area contributed by atoms with Crippen molar-refractivity contribution in [1.29, 1.82) is 0 Å². The van der Waals surface area contributed by atoms with E-state index < -0.39 is 10.0 Å². The van der Waals surface area contributed by atoms with E-state index in [9.17, 15) is 8.42 Å². The van der Waals surface area contributed by atoms with Gasteiger partial charge in [-0.3, -0.25) is 4.90 Å². The quantitative estimate of drug-likeness (QED) is 0.725. The van der Waals surface area contributed by atoms with E-state index in [2.05, 4.69) is 4.90 Å². The van der Waals surface area contributed by atoms with Gasteiger partial charge in [-0.2, -0.15) is 4.31 Å². The molecule has 0 radical (unpaired) electrons. The fourth-order valence-corrected chi connectivity index (χ4v) is 5.45. The van der Waals surface area contributed by atoms with E-state index in [0.717, 1.165) is 19.5 Å². The molecule has 0 bridgehead atoms. The number of sulfonamides is 1. The van der Waals surface area contributed by atoms with Crippen molar-refractivity contribution in [1.82, 2.24) is 9.21 Å². The summed E-state index contributed by atoms with van der Waals surface area (Å²) >= 11 is 0. The molecule has 3 saturated heterocycles. The van der Waals surface area contributed by atoms with Crippen LogP contribution in [-0.4, -0.2) is 67.8 Å². The standard InChI is InChI=1S/C12H22N2O3S/c1-10-7-13-5-2-3-11(13)8-14(10)18(15,16)12-4-6-17-9-12/h10-12H,2-9H2,1H3/t10-,11+,12-/m1/s1. The maximum absolute atomic E-state index is 12.6. The number of fused-ring (bicyclic) bond motifs is 1. The molecule has 0 aromatic carbocycles. The number of ether oxygens (including phenoxy) is 1. The van der Waals surface area contributed by atoms with Crippen molar-refractivity contribution in [2.24, 2.45) is 0 Å². The second-order valence-corrected chi connectivity index (χ2v) is 7.91. The molecule has 3 fully saturated rings. The Bertz CT molecular complexity index is 406. The summed E-state index contributed by atoms with van der Waals surface area (Å²) in [6.45, 7) is 5.69. The van der Waals surface area contributed by atoms with Crippen molar-refractivity contribution in [2.45, 2.75) is 43.5 Å². The molecule has 3 aliphatic heterocycles. The van der Waals surface area contributed by atoms with Crippen LogP contribution in [0.25, 0.3) is 0 Å². The maximum atomic E-state index is 12.6. The molecule has 0 aliphatic carbocycles. The van der Waals surface area contributed by atoms with Gasteiger partial charge in [0, 0.05) is 31.8 Å². The summed E-state index contributed by atoms with van der Waals surface area (Å²) < 4.78 is 32.2. The normalized spacial score (nSPS) is 39.1. The third-order valence-corrected chi connectivity index (χ3v) is 6.89. The van der Waals surface area contributed by atoms with Crippen molar-refractivity contribution >= 4 is 10.0 Å². The van der Waals surface area contributed by atoms with Crippen molar-refractivity contribution in [3.05, 3.63) is 0 Å². The van der Waals surface area contributed by atoms with Crippen molar-refractivity contribution in [3.63, 3.8) is 0 Å². The summed E-state index contributed by atoms with van der Waals surface area (Å²) in [7, 11) is -3.17. The molecular formula is C12H22N2O3S. The highest BCUT2D eigenvalue weighted by Crippen LogP contribution is 2.29. The Labute approximate surface area is 109 Å². The molecule has 18 heavy (non-hydrogen) atoms. The molecule has 3 rings (SSSR count). The van der Waals surface area contributed by atoms with Crippen LogP contribution in [0.4, 0.5) is 0 Å². The molecule has 0 N–H and O–H groups in total. The number of hydrogen-bond acceptors (Lipinski definition) is 4. The highest BCUT2D eigenvalue weighted by Gasteiger charge is 2.43. The minimum atomic E-state index is -3.17. The van der Waals surface area contributed by atoms with Gasteiger partial charge in [0.15, 0.2) is 0 Å². The van der Waals surface area contributed by atoms with Crippen LogP contribution in [-0.2, 0) is 14.8 Å². The fourth-order valence-electron chi connectivity index (χ4n) is 3.45. The van der Waals surface area contributed by atoms with Gasteiger partial charge in [0.1, 0.15) is 5.25 Å².